The van der Waals surface area contributed by atoms with E-state index in [1.807, 2.05) is 12.1 Å². The van der Waals surface area contributed by atoms with Gasteiger partial charge in [-0.25, -0.2) is 4.98 Å². The number of aryl methyl sites for hydroxylation is 1. The summed E-state index contributed by atoms with van der Waals surface area (Å²) >= 11 is 1.68. The zero-order chi connectivity index (χ0) is 14.5. The van der Waals surface area contributed by atoms with E-state index in [0.29, 0.717) is 12.6 Å². The molecule has 1 fully saturated rings. The predicted molar refractivity (Wildman–Crippen MR) is 86.7 cm³/mol. The number of ether oxygens (including phenoxy) is 1. The monoisotopic (exact) mass is 302 g/mol. The van der Waals surface area contributed by atoms with Crippen LogP contribution in [0.5, 0.6) is 5.75 Å². The molecule has 0 aliphatic heterocycles. The summed E-state index contributed by atoms with van der Waals surface area (Å²) in [5.41, 5.74) is 2.38. The van der Waals surface area contributed by atoms with E-state index in [-0.39, 0.29) is 0 Å². The summed E-state index contributed by atoms with van der Waals surface area (Å²) < 4.78 is 5.77. The van der Waals surface area contributed by atoms with E-state index in [9.17, 15) is 0 Å². The standard InChI is InChI=1S/C17H22N2OS/c1-13-6-8-16(9-7-13)20-11-17-19-15(12-21-17)10-18-14-4-2-3-5-14/h6-9,12,14,18H,2-5,10-11H2,1H3. The Morgan fingerprint density at radius 1 is 1.24 bits per heavy atom. The van der Waals surface area contributed by atoms with Gasteiger partial charge in [0.15, 0.2) is 0 Å². The van der Waals surface area contributed by atoms with E-state index in [1.54, 1.807) is 11.3 Å². The van der Waals surface area contributed by atoms with Crippen LogP contribution in [-0.4, -0.2) is 11.0 Å². The molecule has 2 aromatic rings. The number of hydrogen-bond acceptors (Lipinski definition) is 4. The van der Waals surface area contributed by atoms with Crippen molar-refractivity contribution in [1.82, 2.24) is 10.3 Å². The molecule has 1 aromatic heterocycles. The molecule has 0 atom stereocenters. The van der Waals surface area contributed by atoms with Crippen LogP contribution in [0.15, 0.2) is 29.6 Å². The van der Waals surface area contributed by atoms with Gasteiger partial charge in [-0.3, -0.25) is 0 Å². The fourth-order valence-electron chi connectivity index (χ4n) is 2.65. The molecule has 3 nitrogen and oxygen atoms in total. The largest absolute Gasteiger partial charge is 0.486 e. The molecule has 1 aliphatic rings. The van der Waals surface area contributed by atoms with E-state index < -0.39 is 0 Å². The second-order valence-electron chi connectivity index (χ2n) is 5.70. The van der Waals surface area contributed by atoms with Gasteiger partial charge >= 0.3 is 0 Å². The summed E-state index contributed by atoms with van der Waals surface area (Å²) in [5, 5.41) is 6.77. The van der Waals surface area contributed by atoms with Gasteiger partial charge in [0, 0.05) is 18.0 Å². The van der Waals surface area contributed by atoms with Gasteiger partial charge in [-0.05, 0) is 31.9 Å². The van der Waals surface area contributed by atoms with Gasteiger partial charge in [-0.15, -0.1) is 11.3 Å². The average molecular weight is 302 g/mol. The van der Waals surface area contributed by atoms with Gasteiger partial charge in [0.05, 0.1) is 5.69 Å². The number of thiazole rings is 1. The molecule has 1 N–H and O–H groups in total. The van der Waals surface area contributed by atoms with Gasteiger partial charge in [-0.2, -0.15) is 0 Å². The normalized spacial score (nSPS) is 15.5. The van der Waals surface area contributed by atoms with Crippen molar-refractivity contribution in [3.05, 3.63) is 45.9 Å². The van der Waals surface area contributed by atoms with Crippen LogP contribution in [-0.2, 0) is 13.2 Å². The lowest BCUT2D eigenvalue weighted by atomic mass is 10.2. The third-order valence-corrected chi connectivity index (χ3v) is 4.78. The summed E-state index contributed by atoms with van der Waals surface area (Å²) in [6.07, 6.45) is 5.36. The van der Waals surface area contributed by atoms with Crippen molar-refractivity contribution in [1.29, 1.82) is 0 Å². The second-order valence-corrected chi connectivity index (χ2v) is 6.64. The Hall–Kier alpha value is -1.39. The minimum absolute atomic E-state index is 0.553. The minimum atomic E-state index is 0.553. The molecule has 4 heteroatoms. The van der Waals surface area contributed by atoms with Gasteiger partial charge in [0.25, 0.3) is 0 Å². The number of hydrogen-bond donors (Lipinski definition) is 1. The lowest BCUT2D eigenvalue weighted by molar-refractivity contribution is 0.305. The third kappa shape index (κ3) is 4.29. The smallest absolute Gasteiger partial charge is 0.140 e. The number of nitrogens with one attached hydrogen (secondary N) is 1. The Morgan fingerprint density at radius 3 is 2.76 bits per heavy atom. The lowest BCUT2D eigenvalue weighted by Gasteiger charge is -2.09. The number of rotatable bonds is 6. The number of aromatic nitrogens is 1. The average Bonchev–Trinajstić information content (AvgIpc) is 3.16. The fraction of sp³-hybridized carbons (Fsp3) is 0.471. The summed E-state index contributed by atoms with van der Waals surface area (Å²) in [7, 11) is 0. The van der Waals surface area contributed by atoms with Crippen LogP contribution < -0.4 is 10.1 Å². The summed E-state index contributed by atoms with van der Waals surface area (Å²) in [4.78, 5) is 4.63. The molecule has 21 heavy (non-hydrogen) atoms. The van der Waals surface area contributed by atoms with Crippen LogP contribution in [0.3, 0.4) is 0 Å². The minimum Gasteiger partial charge on any atom is -0.486 e. The van der Waals surface area contributed by atoms with E-state index in [1.165, 1.54) is 31.2 Å². The van der Waals surface area contributed by atoms with E-state index in [0.717, 1.165) is 23.0 Å². The van der Waals surface area contributed by atoms with Crippen molar-refractivity contribution in [3.63, 3.8) is 0 Å². The summed E-state index contributed by atoms with van der Waals surface area (Å²) in [6.45, 7) is 3.51. The first-order valence-corrected chi connectivity index (χ1v) is 8.54. The molecule has 0 spiro atoms. The van der Waals surface area contributed by atoms with E-state index in [2.05, 4.69) is 34.7 Å². The highest BCUT2D eigenvalue weighted by Gasteiger charge is 2.14. The van der Waals surface area contributed by atoms with Crippen molar-refractivity contribution < 1.29 is 4.74 Å². The molecule has 0 unspecified atom stereocenters. The molecule has 1 heterocycles. The third-order valence-electron chi connectivity index (χ3n) is 3.91. The lowest BCUT2D eigenvalue weighted by Crippen LogP contribution is -2.25. The van der Waals surface area contributed by atoms with Crippen molar-refractivity contribution in [2.75, 3.05) is 0 Å². The molecule has 1 aromatic carbocycles. The molecule has 112 valence electrons. The molecule has 0 amide bonds. The summed E-state index contributed by atoms with van der Waals surface area (Å²) in [5.74, 6) is 0.904. The Bertz CT molecular complexity index is 558. The van der Waals surface area contributed by atoms with E-state index in [4.69, 9.17) is 4.74 Å². The zero-order valence-corrected chi connectivity index (χ0v) is 13.3. The van der Waals surface area contributed by atoms with Gasteiger partial charge in [0.2, 0.25) is 0 Å². The maximum absolute atomic E-state index is 5.77. The van der Waals surface area contributed by atoms with Crippen LogP contribution in [0.4, 0.5) is 0 Å². The van der Waals surface area contributed by atoms with Crippen molar-refractivity contribution in [3.8, 4) is 5.75 Å². The van der Waals surface area contributed by atoms with Crippen molar-refractivity contribution >= 4 is 11.3 Å². The van der Waals surface area contributed by atoms with Crippen LogP contribution in [0.2, 0.25) is 0 Å². The van der Waals surface area contributed by atoms with Gasteiger partial charge < -0.3 is 10.1 Å². The molecule has 0 saturated heterocycles. The Morgan fingerprint density at radius 2 is 2.00 bits per heavy atom. The van der Waals surface area contributed by atoms with Crippen LogP contribution in [0.25, 0.3) is 0 Å². The van der Waals surface area contributed by atoms with Crippen molar-refractivity contribution in [2.24, 2.45) is 0 Å². The zero-order valence-electron chi connectivity index (χ0n) is 12.5. The molecular weight excluding hydrogens is 280 g/mol. The number of benzene rings is 1. The maximum atomic E-state index is 5.77. The SMILES string of the molecule is Cc1ccc(OCc2nc(CNC3CCCC3)cs2)cc1. The number of nitrogens with zero attached hydrogens (tertiary/aromatic N) is 1. The maximum Gasteiger partial charge on any atom is 0.140 e. The Kier molecular flexibility index (Phi) is 4.88. The highest BCUT2D eigenvalue weighted by Crippen LogP contribution is 2.19. The first kappa shape index (κ1) is 14.5. The molecule has 1 saturated carbocycles. The van der Waals surface area contributed by atoms with E-state index >= 15 is 0 Å². The first-order chi connectivity index (χ1) is 10.3. The van der Waals surface area contributed by atoms with Gasteiger partial charge in [-0.1, -0.05) is 30.5 Å². The van der Waals surface area contributed by atoms with Crippen LogP contribution in [0.1, 0.15) is 41.9 Å². The summed E-state index contributed by atoms with van der Waals surface area (Å²) in [6, 6.07) is 8.83. The quantitative estimate of drug-likeness (QED) is 0.873. The highest BCUT2D eigenvalue weighted by atomic mass is 32.1. The predicted octanol–water partition coefficient (Wildman–Crippen LogP) is 4.06. The molecule has 3 rings (SSSR count). The molecule has 1 aliphatic carbocycles. The van der Waals surface area contributed by atoms with Crippen LogP contribution >= 0.6 is 11.3 Å². The van der Waals surface area contributed by atoms with Gasteiger partial charge in [0.1, 0.15) is 17.4 Å². The Labute approximate surface area is 130 Å². The van der Waals surface area contributed by atoms with Crippen molar-refractivity contribution in [2.45, 2.75) is 51.8 Å². The second kappa shape index (κ2) is 7.05. The first-order valence-electron chi connectivity index (χ1n) is 7.66. The van der Waals surface area contributed by atoms with Crippen LogP contribution in [0, 0.1) is 6.92 Å². The molecule has 0 bridgehead atoms. The topological polar surface area (TPSA) is 34.1 Å². The molecule has 0 radical (unpaired) electrons. The highest BCUT2D eigenvalue weighted by molar-refractivity contribution is 7.09. The Balaban J connectivity index is 1.46. The molecular formula is C17H22N2OS. The fourth-order valence-corrected chi connectivity index (χ4v) is 3.36.